The molecular weight excluding hydrogens is 272 g/mol. The van der Waals surface area contributed by atoms with E-state index in [1.165, 1.54) is 29.3 Å². The average Bonchev–Trinajstić information content (AvgIpc) is 2.85. The highest BCUT2D eigenvalue weighted by atomic mass is 79.9. The molecule has 0 spiro atoms. The number of aromatic nitrogens is 2. The van der Waals surface area contributed by atoms with Crippen molar-refractivity contribution in [3.8, 4) is 0 Å². The molecule has 1 unspecified atom stereocenters. The SMILES string of the molecule is Brc1cccn2c(C3CCSC3)ncc12. The van der Waals surface area contributed by atoms with E-state index in [9.17, 15) is 0 Å². The molecule has 3 rings (SSSR count). The van der Waals surface area contributed by atoms with Gasteiger partial charge in [0.2, 0.25) is 0 Å². The van der Waals surface area contributed by atoms with Gasteiger partial charge in [0.25, 0.3) is 0 Å². The lowest BCUT2D eigenvalue weighted by molar-refractivity contribution is 0.713. The topological polar surface area (TPSA) is 17.3 Å². The summed E-state index contributed by atoms with van der Waals surface area (Å²) in [5.41, 5.74) is 1.17. The van der Waals surface area contributed by atoms with E-state index in [1.54, 1.807) is 0 Å². The van der Waals surface area contributed by atoms with Crippen molar-refractivity contribution in [1.82, 2.24) is 9.38 Å². The second-order valence-electron chi connectivity index (χ2n) is 3.79. The van der Waals surface area contributed by atoms with Gasteiger partial charge in [0.05, 0.1) is 11.7 Å². The van der Waals surface area contributed by atoms with Gasteiger partial charge in [0.15, 0.2) is 0 Å². The number of nitrogens with zero attached hydrogens (tertiary/aromatic N) is 2. The molecule has 1 fully saturated rings. The molecule has 1 aliphatic heterocycles. The van der Waals surface area contributed by atoms with Gasteiger partial charge in [0.1, 0.15) is 5.82 Å². The summed E-state index contributed by atoms with van der Waals surface area (Å²) in [6, 6.07) is 4.12. The Kier molecular flexibility index (Phi) is 2.48. The molecule has 0 saturated carbocycles. The number of imidazole rings is 1. The fourth-order valence-electron chi connectivity index (χ4n) is 2.05. The van der Waals surface area contributed by atoms with Crippen LogP contribution >= 0.6 is 27.7 Å². The zero-order valence-electron chi connectivity index (χ0n) is 8.19. The molecule has 0 radical (unpaired) electrons. The number of pyridine rings is 1. The van der Waals surface area contributed by atoms with E-state index in [-0.39, 0.29) is 0 Å². The Morgan fingerprint density at radius 1 is 1.53 bits per heavy atom. The highest BCUT2D eigenvalue weighted by Gasteiger charge is 2.21. The largest absolute Gasteiger partial charge is 0.302 e. The first-order valence-corrected chi connectivity index (χ1v) is 7.00. The number of halogens is 1. The van der Waals surface area contributed by atoms with Crippen molar-refractivity contribution in [3.05, 3.63) is 34.8 Å². The minimum Gasteiger partial charge on any atom is -0.302 e. The maximum atomic E-state index is 4.56. The summed E-state index contributed by atoms with van der Waals surface area (Å²) in [4.78, 5) is 4.56. The molecule has 1 saturated heterocycles. The van der Waals surface area contributed by atoms with Gasteiger partial charge in [-0.1, -0.05) is 0 Å². The monoisotopic (exact) mass is 282 g/mol. The fourth-order valence-corrected chi connectivity index (χ4v) is 3.71. The third-order valence-corrected chi connectivity index (χ3v) is 4.68. The summed E-state index contributed by atoms with van der Waals surface area (Å²) >= 11 is 5.58. The predicted octanol–water partition coefficient (Wildman–Crippen LogP) is 3.32. The molecule has 2 aromatic heterocycles. The third-order valence-electron chi connectivity index (χ3n) is 2.84. The number of thioether (sulfide) groups is 1. The molecule has 0 bridgehead atoms. The maximum absolute atomic E-state index is 4.56. The first-order chi connectivity index (χ1) is 7.36. The van der Waals surface area contributed by atoms with Crippen LogP contribution in [0.5, 0.6) is 0 Å². The molecule has 2 nitrogen and oxygen atoms in total. The Morgan fingerprint density at radius 3 is 3.27 bits per heavy atom. The number of hydrogen-bond donors (Lipinski definition) is 0. The zero-order valence-corrected chi connectivity index (χ0v) is 10.6. The van der Waals surface area contributed by atoms with E-state index in [2.05, 4.69) is 43.6 Å². The van der Waals surface area contributed by atoms with Crippen molar-refractivity contribution < 1.29 is 0 Å². The molecule has 0 N–H and O–H groups in total. The maximum Gasteiger partial charge on any atom is 0.117 e. The van der Waals surface area contributed by atoms with Crippen LogP contribution in [-0.2, 0) is 0 Å². The van der Waals surface area contributed by atoms with Gasteiger partial charge in [0, 0.05) is 22.3 Å². The van der Waals surface area contributed by atoms with Crippen molar-refractivity contribution in [3.63, 3.8) is 0 Å². The smallest absolute Gasteiger partial charge is 0.117 e. The number of fused-ring (bicyclic) bond motifs is 1. The van der Waals surface area contributed by atoms with Crippen LogP contribution in [0.15, 0.2) is 29.0 Å². The highest BCUT2D eigenvalue weighted by molar-refractivity contribution is 9.10. The molecule has 4 heteroatoms. The Morgan fingerprint density at radius 2 is 2.47 bits per heavy atom. The van der Waals surface area contributed by atoms with Crippen LogP contribution in [0.1, 0.15) is 18.2 Å². The van der Waals surface area contributed by atoms with E-state index >= 15 is 0 Å². The van der Waals surface area contributed by atoms with Crippen LogP contribution in [-0.4, -0.2) is 20.9 Å². The van der Waals surface area contributed by atoms with Crippen molar-refractivity contribution in [2.45, 2.75) is 12.3 Å². The molecule has 3 heterocycles. The lowest BCUT2D eigenvalue weighted by Gasteiger charge is -2.07. The Bertz CT molecular complexity index is 488. The van der Waals surface area contributed by atoms with Gasteiger partial charge in [-0.2, -0.15) is 11.8 Å². The summed E-state index contributed by atoms with van der Waals surface area (Å²) in [5.74, 6) is 4.34. The number of rotatable bonds is 1. The third kappa shape index (κ3) is 1.60. The van der Waals surface area contributed by atoms with Gasteiger partial charge >= 0.3 is 0 Å². The van der Waals surface area contributed by atoms with Gasteiger partial charge < -0.3 is 4.40 Å². The van der Waals surface area contributed by atoms with Gasteiger partial charge in [-0.15, -0.1) is 0 Å². The molecule has 1 aliphatic rings. The Hall–Kier alpha value is -0.480. The summed E-state index contributed by atoms with van der Waals surface area (Å²) in [6.07, 6.45) is 5.32. The van der Waals surface area contributed by atoms with Crippen molar-refractivity contribution in [1.29, 1.82) is 0 Å². The summed E-state index contributed by atoms with van der Waals surface area (Å²) < 4.78 is 3.33. The van der Waals surface area contributed by atoms with E-state index in [4.69, 9.17) is 0 Å². The van der Waals surface area contributed by atoms with E-state index in [0.29, 0.717) is 5.92 Å². The summed E-state index contributed by atoms with van der Waals surface area (Å²) in [6.45, 7) is 0. The van der Waals surface area contributed by atoms with Crippen LogP contribution in [0.4, 0.5) is 0 Å². The lowest BCUT2D eigenvalue weighted by atomic mass is 10.1. The Labute approximate surface area is 101 Å². The van der Waals surface area contributed by atoms with Crippen molar-refractivity contribution in [2.24, 2.45) is 0 Å². The molecule has 0 aliphatic carbocycles. The first kappa shape index (κ1) is 9.73. The van der Waals surface area contributed by atoms with Crippen LogP contribution < -0.4 is 0 Å². The second-order valence-corrected chi connectivity index (χ2v) is 5.79. The normalized spacial score (nSPS) is 21.3. The average molecular weight is 283 g/mol. The predicted molar refractivity (Wildman–Crippen MR) is 67.6 cm³/mol. The van der Waals surface area contributed by atoms with Gasteiger partial charge in [-0.05, 0) is 40.2 Å². The molecule has 0 aromatic carbocycles. The molecule has 78 valence electrons. The minimum atomic E-state index is 0.631. The molecule has 0 amide bonds. The molecule has 15 heavy (non-hydrogen) atoms. The van der Waals surface area contributed by atoms with Gasteiger partial charge in [-0.25, -0.2) is 4.98 Å². The first-order valence-electron chi connectivity index (χ1n) is 5.05. The second kappa shape index (κ2) is 3.83. The van der Waals surface area contributed by atoms with E-state index < -0.39 is 0 Å². The van der Waals surface area contributed by atoms with Gasteiger partial charge in [-0.3, -0.25) is 0 Å². The molecular formula is C11H11BrN2S. The minimum absolute atomic E-state index is 0.631. The quantitative estimate of drug-likeness (QED) is 0.798. The molecule has 1 atom stereocenters. The van der Waals surface area contributed by atoms with E-state index in [1.807, 2.05) is 18.0 Å². The fraction of sp³-hybridized carbons (Fsp3) is 0.364. The number of hydrogen-bond acceptors (Lipinski definition) is 2. The lowest BCUT2D eigenvalue weighted by Crippen LogP contribution is -2.02. The zero-order chi connectivity index (χ0) is 10.3. The van der Waals surface area contributed by atoms with E-state index in [0.717, 1.165) is 4.47 Å². The standard InChI is InChI=1S/C11H11BrN2S/c12-9-2-1-4-14-10(9)6-13-11(14)8-3-5-15-7-8/h1-2,4,6,8H,3,5,7H2. The van der Waals surface area contributed by atoms with Crippen LogP contribution in [0, 0.1) is 0 Å². The highest BCUT2D eigenvalue weighted by Crippen LogP contribution is 2.32. The van der Waals surface area contributed by atoms with Crippen LogP contribution in [0.25, 0.3) is 5.52 Å². The van der Waals surface area contributed by atoms with Crippen LogP contribution in [0.2, 0.25) is 0 Å². The van der Waals surface area contributed by atoms with Crippen molar-refractivity contribution >= 4 is 33.2 Å². The summed E-state index contributed by atoms with van der Waals surface area (Å²) in [7, 11) is 0. The molecule has 2 aromatic rings. The van der Waals surface area contributed by atoms with Crippen LogP contribution in [0.3, 0.4) is 0 Å². The van der Waals surface area contributed by atoms with Crippen molar-refractivity contribution in [2.75, 3.05) is 11.5 Å². The Balaban J connectivity index is 2.15. The summed E-state index contributed by atoms with van der Waals surface area (Å²) in [5, 5.41) is 0.